The van der Waals surface area contributed by atoms with Crippen LogP contribution in [0.4, 0.5) is 0 Å². The van der Waals surface area contributed by atoms with Crippen molar-refractivity contribution < 1.29 is 19.0 Å². The molecule has 5 nitrogen and oxygen atoms in total. The largest absolute Gasteiger partial charge is 0.496 e. The first kappa shape index (κ1) is 20.4. The normalized spacial score (nSPS) is 16.1. The van der Waals surface area contributed by atoms with Gasteiger partial charge in [0.15, 0.2) is 11.5 Å². The SMILES string of the molecule is COc1cc(OC)c(C2SCCN2C(=O)CCc2cccc(C)c2)cc1OC. The number of benzene rings is 2. The predicted molar refractivity (Wildman–Crippen MR) is 113 cm³/mol. The Morgan fingerprint density at radius 1 is 1.07 bits per heavy atom. The first-order valence-electron chi connectivity index (χ1n) is 9.34. The van der Waals surface area contributed by atoms with Crippen molar-refractivity contribution in [2.24, 2.45) is 0 Å². The molecule has 150 valence electrons. The average Bonchev–Trinajstić information content (AvgIpc) is 3.20. The lowest BCUT2D eigenvalue weighted by atomic mass is 10.1. The van der Waals surface area contributed by atoms with Crippen LogP contribution >= 0.6 is 11.8 Å². The molecular formula is C22H27NO4S. The van der Waals surface area contributed by atoms with E-state index in [1.165, 1.54) is 11.1 Å². The smallest absolute Gasteiger partial charge is 0.224 e. The molecule has 2 aromatic rings. The second-order valence-electron chi connectivity index (χ2n) is 6.75. The van der Waals surface area contributed by atoms with Gasteiger partial charge in [-0.15, -0.1) is 11.8 Å². The minimum atomic E-state index is -0.0836. The highest BCUT2D eigenvalue weighted by atomic mass is 32.2. The van der Waals surface area contributed by atoms with Gasteiger partial charge >= 0.3 is 0 Å². The molecule has 28 heavy (non-hydrogen) atoms. The molecule has 1 unspecified atom stereocenters. The topological polar surface area (TPSA) is 48.0 Å². The van der Waals surface area contributed by atoms with Crippen molar-refractivity contribution in [3.63, 3.8) is 0 Å². The summed E-state index contributed by atoms with van der Waals surface area (Å²) in [7, 11) is 4.84. The summed E-state index contributed by atoms with van der Waals surface area (Å²) in [5, 5.41) is -0.0836. The van der Waals surface area contributed by atoms with E-state index in [4.69, 9.17) is 14.2 Å². The number of carbonyl (C=O) groups is 1. The lowest BCUT2D eigenvalue weighted by molar-refractivity contribution is -0.131. The van der Waals surface area contributed by atoms with Crippen molar-refractivity contribution >= 4 is 17.7 Å². The molecule has 0 bridgehead atoms. The minimum Gasteiger partial charge on any atom is -0.496 e. The Morgan fingerprint density at radius 2 is 1.79 bits per heavy atom. The van der Waals surface area contributed by atoms with E-state index in [1.54, 1.807) is 33.1 Å². The lowest BCUT2D eigenvalue weighted by Crippen LogP contribution is -2.30. The van der Waals surface area contributed by atoms with Crippen LogP contribution in [-0.2, 0) is 11.2 Å². The van der Waals surface area contributed by atoms with Gasteiger partial charge in [0.2, 0.25) is 5.91 Å². The molecule has 6 heteroatoms. The van der Waals surface area contributed by atoms with Crippen LogP contribution in [0.5, 0.6) is 17.2 Å². The Hall–Kier alpha value is -2.34. The van der Waals surface area contributed by atoms with E-state index < -0.39 is 0 Å². The monoisotopic (exact) mass is 401 g/mol. The highest BCUT2D eigenvalue weighted by Crippen LogP contribution is 2.46. The minimum absolute atomic E-state index is 0.0836. The zero-order valence-corrected chi connectivity index (χ0v) is 17.7. The third kappa shape index (κ3) is 4.38. The van der Waals surface area contributed by atoms with E-state index in [9.17, 15) is 4.79 Å². The van der Waals surface area contributed by atoms with Crippen LogP contribution < -0.4 is 14.2 Å². The number of carbonyl (C=O) groups excluding carboxylic acids is 1. The fourth-order valence-electron chi connectivity index (χ4n) is 3.49. The molecule has 1 amide bonds. The maximum absolute atomic E-state index is 13.0. The molecule has 3 rings (SSSR count). The number of ether oxygens (including phenoxy) is 3. The number of methoxy groups -OCH3 is 3. The average molecular weight is 402 g/mol. The van der Waals surface area contributed by atoms with Crippen LogP contribution in [0.25, 0.3) is 0 Å². The van der Waals surface area contributed by atoms with Gasteiger partial charge in [0, 0.05) is 30.3 Å². The zero-order valence-electron chi connectivity index (χ0n) is 16.9. The molecule has 0 aromatic heterocycles. The molecule has 1 saturated heterocycles. The number of hydrogen-bond acceptors (Lipinski definition) is 5. The van der Waals surface area contributed by atoms with Gasteiger partial charge in [-0.25, -0.2) is 0 Å². The van der Waals surface area contributed by atoms with Crippen LogP contribution in [0.15, 0.2) is 36.4 Å². The predicted octanol–water partition coefficient (Wildman–Crippen LogP) is 4.23. The van der Waals surface area contributed by atoms with Crippen molar-refractivity contribution in [3.05, 3.63) is 53.1 Å². The van der Waals surface area contributed by atoms with Crippen molar-refractivity contribution in [1.82, 2.24) is 4.90 Å². The fraction of sp³-hybridized carbons (Fsp3) is 0.409. The molecule has 1 aliphatic rings. The number of amides is 1. The molecule has 0 aliphatic carbocycles. The van der Waals surface area contributed by atoms with Gasteiger partial charge in [0.25, 0.3) is 0 Å². The Labute approximate surface area is 171 Å². The van der Waals surface area contributed by atoms with Crippen LogP contribution in [0.1, 0.15) is 28.5 Å². The number of nitrogens with zero attached hydrogens (tertiary/aromatic N) is 1. The van der Waals surface area contributed by atoms with E-state index in [1.807, 2.05) is 23.1 Å². The van der Waals surface area contributed by atoms with Crippen LogP contribution in [-0.4, -0.2) is 44.4 Å². The second kappa shape index (κ2) is 9.24. The van der Waals surface area contributed by atoms with E-state index in [-0.39, 0.29) is 11.3 Å². The molecular weight excluding hydrogens is 374 g/mol. The van der Waals surface area contributed by atoms with Gasteiger partial charge < -0.3 is 19.1 Å². The summed E-state index contributed by atoms with van der Waals surface area (Å²) in [4.78, 5) is 14.9. The van der Waals surface area contributed by atoms with Gasteiger partial charge in [-0.3, -0.25) is 4.79 Å². The Balaban J connectivity index is 1.79. The summed E-state index contributed by atoms with van der Waals surface area (Å²) in [5.74, 6) is 3.02. The third-order valence-corrected chi connectivity index (χ3v) is 6.17. The maximum Gasteiger partial charge on any atom is 0.224 e. The standard InChI is InChI=1S/C22H27NO4S/c1-15-6-5-7-16(12-15)8-9-21(24)23-10-11-28-22(23)17-13-19(26-3)20(27-4)14-18(17)25-2/h5-7,12-14,22H,8-11H2,1-4H3. The van der Waals surface area contributed by atoms with Gasteiger partial charge in [-0.1, -0.05) is 29.8 Å². The third-order valence-electron chi connectivity index (χ3n) is 4.92. The molecule has 0 N–H and O–H groups in total. The number of aryl methyl sites for hydroxylation is 2. The van der Waals surface area contributed by atoms with Gasteiger partial charge in [-0.2, -0.15) is 0 Å². The van der Waals surface area contributed by atoms with Crippen LogP contribution in [0, 0.1) is 6.92 Å². The lowest BCUT2D eigenvalue weighted by Gasteiger charge is -2.26. The van der Waals surface area contributed by atoms with E-state index in [2.05, 4.69) is 25.1 Å². The van der Waals surface area contributed by atoms with Crippen LogP contribution in [0.3, 0.4) is 0 Å². The van der Waals surface area contributed by atoms with Crippen molar-refractivity contribution in [3.8, 4) is 17.2 Å². The quantitative estimate of drug-likeness (QED) is 0.695. The molecule has 1 heterocycles. The van der Waals surface area contributed by atoms with Gasteiger partial charge in [0.1, 0.15) is 11.1 Å². The van der Waals surface area contributed by atoms with Crippen molar-refractivity contribution in [2.75, 3.05) is 33.6 Å². The summed E-state index contributed by atoms with van der Waals surface area (Å²) in [5.41, 5.74) is 3.35. The summed E-state index contributed by atoms with van der Waals surface area (Å²) < 4.78 is 16.4. The molecule has 2 aromatic carbocycles. The molecule has 0 saturated carbocycles. The van der Waals surface area contributed by atoms with Crippen molar-refractivity contribution in [1.29, 1.82) is 0 Å². The highest BCUT2D eigenvalue weighted by molar-refractivity contribution is 7.99. The highest BCUT2D eigenvalue weighted by Gasteiger charge is 2.33. The molecule has 1 aliphatic heterocycles. The Kier molecular flexibility index (Phi) is 6.73. The first-order valence-corrected chi connectivity index (χ1v) is 10.4. The molecule has 1 atom stereocenters. The van der Waals surface area contributed by atoms with Crippen molar-refractivity contribution in [2.45, 2.75) is 25.1 Å². The molecule has 0 radical (unpaired) electrons. The fourth-order valence-corrected chi connectivity index (χ4v) is 4.78. The summed E-state index contributed by atoms with van der Waals surface area (Å²) >= 11 is 1.75. The molecule has 0 spiro atoms. The van der Waals surface area contributed by atoms with E-state index >= 15 is 0 Å². The summed E-state index contributed by atoms with van der Waals surface area (Å²) in [6.45, 7) is 2.81. The zero-order chi connectivity index (χ0) is 20.1. The number of thioether (sulfide) groups is 1. The first-order chi connectivity index (χ1) is 13.6. The Morgan fingerprint density at radius 3 is 2.46 bits per heavy atom. The second-order valence-corrected chi connectivity index (χ2v) is 7.94. The summed E-state index contributed by atoms with van der Waals surface area (Å²) in [6, 6.07) is 12.1. The van der Waals surface area contributed by atoms with Crippen LogP contribution in [0.2, 0.25) is 0 Å². The number of rotatable bonds is 7. The number of hydrogen-bond donors (Lipinski definition) is 0. The maximum atomic E-state index is 13.0. The summed E-state index contributed by atoms with van der Waals surface area (Å²) in [6.07, 6.45) is 1.24. The van der Waals surface area contributed by atoms with E-state index in [0.29, 0.717) is 23.7 Å². The molecule has 1 fully saturated rings. The Bertz CT molecular complexity index is 839. The van der Waals surface area contributed by atoms with E-state index in [0.717, 1.165) is 24.3 Å². The van der Waals surface area contributed by atoms with Gasteiger partial charge in [-0.05, 0) is 25.0 Å². The van der Waals surface area contributed by atoms with Gasteiger partial charge in [0.05, 0.1) is 21.3 Å².